The fourth-order valence-electron chi connectivity index (χ4n) is 8.29. The highest BCUT2D eigenvalue weighted by molar-refractivity contribution is 6.21. The summed E-state index contributed by atoms with van der Waals surface area (Å²) in [5.74, 6) is 0. The van der Waals surface area contributed by atoms with Gasteiger partial charge in [0, 0.05) is 16.5 Å². The first-order valence-corrected chi connectivity index (χ1v) is 18.0. The van der Waals surface area contributed by atoms with Gasteiger partial charge in [-0.2, -0.15) is 5.26 Å². The molecule has 0 unspecified atom stereocenters. The number of fused-ring (bicyclic) bond motifs is 5. The predicted molar refractivity (Wildman–Crippen MR) is 222 cm³/mol. The minimum Gasteiger partial charge on any atom is -0.309 e. The third-order valence-electron chi connectivity index (χ3n) is 10.6. The highest BCUT2D eigenvalue weighted by Gasteiger charge is 2.18. The Kier molecular flexibility index (Phi) is 7.23. The summed E-state index contributed by atoms with van der Waals surface area (Å²) >= 11 is 0. The van der Waals surface area contributed by atoms with Gasteiger partial charge in [0.2, 0.25) is 0 Å². The van der Waals surface area contributed by atoms with Crippen molar-refractivity contribution in [3.8, 4) is 56.3 Å². The van der Waals surface area contributed by atoms with Crippen LogP contribution in [0.5, 0.6) is 0 Å². The van der Waals surface area contributed by atoms with Crippen LogP contribution in [0, 0.1) is 11.3 Å². The zero-order valence-electron chi connectivity index (χ0n) is 28.9. The predicted octanol–water partition coefficient (Wildman–Crippen LogP) is 13.6. The summed E-state index contributed by atoms with van der Waals surface area (Å²) < 4.78 is 2.32. The lowest BCUT2D eigenvalue weighted by molar-refractivity contribution is 1.18. The van der Waals surface area contributed by atoms with E-state index in [9.17, 15) is 5.26 Å². The van der Waals surface area contributed by atoms with Crippen LogP contribution in [0.4, 0.5) is 0 Å². The van der Waals surface area contributed by atoms with Crippen LogP contribution in [0.3, 0.4) is 0 Å². The lowest BCUT2D eigenvalue weighted by Crippen LogP contribution is -1.95. The average Bonchev–Trinajstić information content (AvgIpc) is 3.57. The zero-order chi connectivity index (χ0) is 35.3. The van der Waals surface area contributed by atoms with E-state index in [1.165, 1.54) is 49.0 Å². The van der Waals surface area contributed by atoms with Crippen LogP contribution >= 0.6 is 0 Å². The van der Waals surface area contributed by atoms with E-state index in [1.807, 2.05) is 6.07 Å². The van der Waals surface area contributed by atoms with Gasteiger partial charge in [-0.1, -0.05) is 158 Å². The summed E-state index contributed by atoms with van der Waals surface area (Å²) in [6, 6.07) is 71.4. The molecule has 0 spiro atoms. The maximum Gasteiger partial charge on any atom is 0.0998 e. The Balaban J connectivity index is 1.09. The summed E-state index contributed by atoms with van der Waals surface area (Å²) in [4.78, 5) is 0. The first-order chi connectivity index (χ1) is 26.3. The molecule has 0 atom stereocenters. The van der Waals surface area contributed by atoms with Crippen molar-refractivity contribution in [1.29, 1.82) is 5.26 Å². The molecule has 2 nitrogen and oxygen atoms in total. The molecular formula is C51H32N2. The lowest BCUT2D eigenvalue weighted by Gasteiger charge is -2.18. The molecule has 0 bridgehead atoms. The normalized spacial score (nSPS) is 11.4. The molecule has 9 aromatic carbocycles. The summed E-state index contributed by atoms with van der Waals surface area (Å²) in [5, 5.41) is 17.9. The van der Waals surface area contributed by atoms with Gasteiger partial charge in [-0.25, -0.2) is 0 Å². The van der Waals surface area contributed by atoms with Crippen molar-refractivity contribution in [2.24, 2.45) is 0 Å². The Hall–Kier alpha value is -7.21. The smallest absolute Gasteiger partial charge is 0.0998 e. The number of hydrogen-bond donors (Lipinski definition) is 0. The van der Waals surface area contributed by atoms with Gasteiger partial charge >= 0.3 is 0 Å². The quantitative estimate of drug-likeness (QED) is 0.167. The molecule has 10 rings (SSSR count). The van der Waals surface area contributed by atoms with Gasteiger partial charge < -0.3 is 4.57 Å². The maximum absolute atomic E-state index is 10.5. The second-order valence-electron chi connectivity index (χ2n) is 13.6. The molecule has 53 heavy (non-hydrogen) atoms. The van der Waals surface area contributed by atoms with Gasteiger partial charge in [-0.05, 0) is 102 Å². The number of aromatic nitrogens is 1. The van der Waals surface area contributed by atoms with E-state index in [1.54, 1.807) is 0 Å². The van der Waals surface area contributed by atoms with Crippen LogP contribution in [-0.2, 0) is 0 Å². The summed E-state index contributed by atoms with van der Waals surface area (Å²) in [6.45, 7) is 0. The van der Waals surface area contributed by atoms with Gasteiger partial charge in [-0.3, -0.25) is 0 Å². The Labute approximate surface area is 308 Å². The van der Waals surface area contributed by atoms with Gasteiger partial charge in [0.1, 0.15) is 0 Å². The molecule has 0 amide bonds. The van der Waals surface area contributed by atoms with E-state index in [0.29, 0.717) is 5.56 Å². The van der Waals surface area contributed by atoms with E-state index in [4.69, 9.17) is 0 Å². The molecule has 2 heteroatoms. The van der Waals surface area contributed by atoms with Crippen molar-refractivity contribution in [2.45, 2.75) is 0 Å². The first kappa shape index (κ1) is 30.6. The van der Waals surface area contributed by atoms with Gasteiger partial charge in [-0.15, -0.1) is 0 Å². The van der Waals surface area contributed by atoms with Crippen LogP contribution in [0.25, 0.3) is 93.5 Å². The minimum absolute atomic E-state index is 0.649. The number of rotatable bonds is 5. The van der Waals surface area contributed by atoms with E-state index in [-0.39, 0.29) is 0 Å². The largest absolute Gasteiger partial charge is 0.309 e. The zero-order valence-corrected chi connectivity index (χ0v) is 28.9. The maximum atomic E-state index is 10.5. The van der Waals surface area contributed by atoms with Crippen molar-refractivity contribution < 1.29 is 0 Å². The fourth-order valence-corrected chi connectivity index (χ4v) is 8.29. The van der Waals surface area contributed by atoms with E-state index in [2.05, 4.69) is 199 Å². The SMILES string of the molecule is N#Cc1cc(-c2cccc(-c3c4ccccc4c(-c4ccccc4)c4ccccc34)c2)ccc1-c1cccc(-n2c3ccccc3c3ccccc32)c1. The third-order valence-corrected chi connectivity index (χ3v) is 10.6. The second kappa shape index (κ2) is 12.5. The Morgan fingerprint density at radius 3 is 1.43 bits per heavy atom. The highest BCUT2D eigenvalue weighted by Crippen LogP contribution is 2.44. The van der Waals surface area contributed by atoms with Crippen molar-refractivity contribution in [3.05, 3.63) is 200 Å². The van der Waals surface area contributed by atoms with Crippen molar-refractivity contribution >= 4 is 43.4 Å². The number of nitrogens with zero attached hydrogens (tertiary/aromatic N) is 2. The number of benzene rings is 9. The molecular weight excluding hydrogens is 641 g/mol. The van der Waals surface area contributed by atoms with Crippen LogP contribution in [0.2, 0.25) is 0 Å². The molecule has 0 saturated carbocycles. The van der Waals surface area contributed by atoms with E-state index < -0.39 is 0 Å². The fraction of sp³-hybridized carbons (Fsp3) is 0. The monoisotopic (exact) mass is 672 g/mol. The number of hydrogen-bond acceptors (Lipinski definition) is 1. The lowest BCUT2D eigenvalue weighted by atomic mass is 9.85. The summed E-state index contributed by atoms with van der Waals surface area (Å²) in [6.07, 6.45) is 0. The molecule has 0 saturated heterocycles. The van der Waals surface area contributed by atoms with Crippen molar-refractivity contribution in [3.63, 3.8) is 0 Å². The number of nitriles is 1. The number of para-hydroxylation sites is 2. The van der Waals surface area contributed by atoms with Crippen LogP contribution in [0.1, 0.15) is 5.56 Å². The van der Waals surface area contributed by atoms with Crippen LogP contribution in [0.15, 0.2) is 194 Å². The second-order valence-corrected chi connectivity index (χ2v) is 13.6. The first-order valence-electron chi connectivity index (χ1n) is 18.0. The van der Waals surface area contributed by atoms with Gasteiger partial charge in [0.25, 0.3) is 0 Å². The molecule has 0 aliphatic heterocycles. The third kappa shape index (κ3) is 5.02. The van der Waals surface area contributed by atoms with Gasteiger partial charge in [0.15, 0.2) is 0 Å². The van der Waals surface area contributed by atoms with Crippen LogP contribution < -0.4 is 0 Å². The Morgan fingerprint density at radius 2 is 0.811 bits per heavy atom. The topological polar surface area (TPSA) is 28.7 Å². The molecule has 1 heterocycles. The van der Waals surface area contributed by atoms with Crippen molar-refractivity contribution in [1.82, 2.24) is 4.57 Å². The summed E-state index contributed by atoms with van der Waals surface area (Å²) in [7, 11) is 0. The molecule has 0 radical (unpaired) electrons. The van der Waals surface area contributed by atoms with Gasteiger partial charge in [0.05, 0.1) is 22.7 Å². The minimum atomic E-state index is 0.649. The standard InChI is InChI=1S/C51H32N2/c52-33-39-31-36(28-29-41(39)37-17-13-19-40(32-37)53-48-26-10-8-20-42(48)43-21-9-11-27-49(43)53)35-16-12-18-38(30-35)51-46-24-6-4-22-44(46)50(34-14-2-1-3-15-34)45-23-5-7-25-47(45)51/h1-32H. The molecule has 10 aromatic rings. The Bertz CT molecular complexity index is 2960. The Morgan fingerprint density at radius 1 is 0.340 bits per heavy atom. The molecule has 0 aliphatic rings. The average molecular weight is 673 g/mol. The molecule has 0 N–H and O–H groups in total. The van der Waals surface area contributed by atoms with E-state index >= 15 is 0 Å². The highest BCUT2D eigenvalue weighted by atomic mass is 15.0. The van der Waals surface area contributed by atoms with Crippen molar-refractivity contribution in [2.75, 3.05) is 0 Å². The molecule has 0 fully saturated rings. The van der Waals surface area contributed by atoms with E-state index in [0.717, 1.165) is 44.5 Å². The summed E-state index contributed by atoms with van der Waals surface area (Å²) in [5.41, 5.74) is 12.9. The molecule has 1 aromatic heterocycles. The molecule has 246 valence electrons. The molecule has 0 aliphatic carbocycles. The van der Waals surface area contributed by atoms with Crippen LogP contribution in [-0.4, -0.2) is 4.57 Å².